The number of hydrazone groups is 1. The van der Waals surface area contributed by atoms with Crippen molar-refractivity contribution in [1.29, 1.82) is 0 Å². The van der Waals surface area contributed by atoms with Crippen molar-refractivity contribution in [2.24, 2.45) is 5.10 Å². The Bertz CT molecular complexity index is 1030. The average Bonchev–Trinajstić information content (AvgIpc) is 3.16. The number of hydrogen-bond donors (Lipinski definition) is 2. The average molecular weight is 381 g/mol. The zero-order chi connectivity index (χ0) is 20.1. The largest absolute Gasteiger partial charge is 0.493 e. The van der Waals surface area contributed by atoms with Crippen molar-refractivity contribution in [3.05, 3.63) is 53.7 Å². The lowest BCUT2D eigenvalue weighted by molar-refractivity contribution is -0.116. The quantitative estimate of drug-likeness (QED) is 0.283. The fourth-order valence-electron chi connectivity index (χ4n) is 2.77. The zero-order valence-corrected chi connectivity index (χ0v) is 15.6. The van der Waals surface area contributed by atoms with Crippen LogP contribution in [0.25, 0.3) is 10.9 Å². The second-order valence-electron chi connectivity index (χ2n) is 5.73. The van der Waals surface area contributed by atoms with Crippen LogP contribution >= 0.6 is 0 Å². The first-order valence-electron chi connectivity index (χ1n) is 8.33. The molecule has 0 unspecified atom stereocenters. The topological polar surface area (TPSA) is 102 Å². The molecule has 2 aromatic carbocycles. The van der Waals surface area contributed by atoms with E-state index in [0.29, 0.717) is 28.2 Å². The van der Waals surface area contributed by atoms with Crippen LogP contribution in [0.2, 0.25) is 0 Å². The molecule has 1 heterocycles. The molecule has 0 saturated heterocycles. The maximum absolute atomic E-state index is 12.4. The molecular formula is C20H19N3O5. The van der Waals surface area contributed by atoms with Gasteiger partial charge >= 0.3 is 5.91 Å². The number of rotatable bonds is 7. The van der Waals surface area contributed by atoms with Crippen LogP contribution < -0.4 is 19.6 Å². The van der Waals surface area contributed by atoms with E-state index in [1.165, 1.54) is 33.7 Å². The molecule has 0 spiro atoms. The number of carbonyl (C=O) groups excluding carboxylic acids is 2. The third-order valence-corrected chi connectivity index (χ3v) is 4.11. The van der Waals surface area contributed by atoms with E-state index >= 15 is 0 Å². The Labute approximate surface area is 161 Å². The predicted molar refractivity (Wildman–Crippen MR) is 104 cm³/mol. The summed E-state index contributed by atoms with van der Waals surface area (Å²) in [5.74, 6) is -0.178. The Kier molecular flexibility index (Phi) is 5.59. The van der Waals surface area contributed by atoms with Crippen LogP contribution in [0.5, 0.6) is 17.2 Å². The first-order valence-corrected chi connectivity index (χ1v) is 8.33. The zero-order valence-electron chi connectivity index (χ0n) is 15.6. The molecule has 0 fully saturated rings. The van der Waals surface area contributed by atoms with Crippen LogP contribution in [-0.4, -0.2) is 44.2 Å². The van der Waals surface area contributed by atoms with Gasteiger partial charge < -0.3 is 19.2 Å². The summed E-state index contributed by atoms with van der Waals surface area (Å²) < 4.78 is 15.8. The van der Waals surface area contributed by atoms with Crippen molar-refractivity contribution >= 4 is 28.8 Å². The van der Waals surface area contributed by atoms with Crippen LogP contribution in [0.1, 0.15) is 15.9 Å². The first-order chi connectivity index (χ1) is 13.6. The summed E-state index contributed by atoms with van der Waals surface area (Å²) in [4.78, 5) is 27.5. The van der Waals surface area contributed by atoms with Crippen molar-refractivity contribution in [3.8, 4) is 17.2 Å². The second-order valence-corrected chi connectivity index (χ2v) is 5.73. The number of amides is 1. The Balaban J connectivity index is 1.75. The number of aromatic amines is 1. The maximum Gasteiger partial charge on any atom is 0.312 e. The molecule has 8 nitrogen and oxygen atoms in total. The van der Waals surface area contributed by atoms with Gasteiger partial charge in [0.15, 0.2) is 11.5 Å². The molecular weight excluding hydrogens is 362 g/mol. The number of nitrogens with zero attached hydrogens (tertiary/aromatic N) is 1. The van der Waals surface area contributed by atoms with E-state index in [9.17, 15) is 9.59 Å². The number of para-hydroxylation sites is 1. The van der Waals surface area contributed by atoms with Gasteiger partial charge in [0.2, 0.25) is 5.75 Å². The Morgan fingerprint density at radius 2 is 1.71 bits per heavy atom. The predicted octanol–water partition coefficient (Wildman–Crippen LogP) is 2.53. The number of hydrogen-bond acceptors (Lipinski definition) is 6. The van der Waals surface area contributed by atoms with Crippen LogP contribution in [0, 0.1) is 0 Å². The van der Waals surface area contributed by atoms with Gasteiger partial charge in [0.25, 0.3) is 5.78 Å². The Morgan fingerprint density at radius 3 is 2.36 bits per heavy atom. The lowest BCUT2D eigenvalue weighted by atomic mass is 10.1. The molecule has 0 bridgehead atoms. The molecule has 2 N–H and O–H groups in total. The number of aromatic nitrogens is 1. The van der Waals surface area contributed by atoms with Crippen molar-refractivity contribution in [2.75, 3.05) is 21.3 Å². The standard InChI is InChI=1S/C20H19N3O5/c1-26-16-8-12(9-17(27-2)19(16)28-3)10-22-23-20(25)18(24)14-11-21-15-7-5-4-6-13(14)15/h4-11,21H,1-3H3,(H,23,25)/b22-10+. The Morgan fingerprint density at radius 1 is 1.04 bits per heavy atom. The number of fused-ring (bicyclic) bond motifs is 1. The summed E-state index contributed by atoms with van der Waals surface area (Å²) in [6, 6.07) is 10.6. The monoisotopic (exact) mass is 381 g/mol. The van der Waals surface area contributed by atoms with Crippen molar-refractivity contribution in [1.82, 2.24) is 10.4 Å². The summed E-state index contributed by atoms with van der Waals surface area (Å²) >= 11 is 0. The fraction of sp³-hybridized carbons (Fsp3) is 0.150. The van der Waals surface area contributed by atoms with E-state index in [0.717, 1.165) is 5.52 Å². The van der Waals surface area contributed by atoms with Gasteiger partial charge in [-0.15, -0.1) is 0 Å². The summed E-state index contributed by atoms with van der Waals surface area (Å²) in [6.45, 7) is 0. The summed E-state index contributed by atoms with van der Waals surface area (Å²) in [7, 11) is 4.50. The number of carbonyl (C=O) groups is 2. The number of Topliss-reactive ketones (excluding diaryl/α,β-unsaturated/α-hetero) is 1. The fourth-order valence-corrected chi connectivity index (χ4v) is 2.77. The lowest BCUT2D eigenvalue weighted by Crippen LogP contribution is -2.27. The number of H-pyrrole nitrogens is 1. The molecule has 28 heavy (non-hydrogen) atoms. The highest BCUT2D eigenvalue weighted by Crippen LogP contribution is 2.37. The third-order valence-electron chi connectivity index (χ3n) is 4.11. The van der Waals surface area contributed by atoms with Crippen LogP contribution in [-0.2, 0) is 4.79 Å². The Hall–Kier alpha value is -3.81. The van der Waals surface area contributed by atoms with Gasteiger partial charge in [-0.05, 0) is 18.2 Å². The van der Waals surface area contributed by atoms with E-state index in [2.05, 4.69) is 15.5 Å². The summed E-state index contributed by atoms with van der Waals surface area (Å²) in [5, 5.41) is 4.53. The van der Waals surface area contributed by atoms with Gasteiger partial charge in [-0.2, -0.15) is 5.10 Å². The number of benzene rings is 2. The minimum absolute atomic E-state index is 0.288. The van der Waals surface area contributed by atoms with Crippen LogP contribution in [0.15, 0.2) is 47.7 Å². The van der Waals surface area contributed by atoms with Crippen molar-refractivity contribution in [3.63, 3.8) is 0 Å². The molecule has 144 valence electrons. The van der Waals surface area contributed by atoms with Gasteiger partial charge in [-0.3, -0.25) is 9.59 Å². The highest BCUT2D eigenvalue weighted by molar-refractivity contribution is 6.44. The first kappa shape index (κ1) is 19.0. The van der Waals surface area contributed by atoms with Gasteiger partial charge in [0.05, 0.1) is 33.1 Å². The number of nitrogens with one attached hydrogen (secondary N) is 2. The molecule has 0 aliphatic heterocycles. The van der Waals surface area contributed by atoms with E-state index in [1.807, 2.05) is 12.1 Å². The molecule has 0 aliphatic carbocycles. The molecule has 3 rings (SSSR count). The molecule has 1 aromatic heterocycles. The van der Waals surface area contributed by atoms with E-state index in [-0.39, 0.29) is 5.56 Å². The number of ether oxygens (including phenoxy) is 3. The summed E-state index contributed by atoms with van der Waals surface area (Å²) in [6.07, 6.45) is 2.89. The third kappa shape index (κ3) is 3.66. The molecule has 1 amide bonds. The highest BCUT2D eigenvalue weighted by Gasteiger charge is 2.19. The van der Waals surface area contributed by atoms with Gasteiger partial charge in [0, 0.05) is 22.7 Å². The van der Waals surface area contributed by atoms with E-state index < -0.39 is 11.7 Å². The normalized spacial score (nSPS) is 10.8. The van der Waals surface area contributed by atoms with E-state index in [4.69, 9.17) is 14.2 Å². The number of methoxy groups -OCH3 is 3. The SMILES string of the molecule is COc1cc(/C=N/NC(=O)C(=O)c2c[nH]c3ccccc23)cc(OC)c1OC. The number of ketones is 1. The molecule has 0 saturated carbocycles. The van der Waals surface area contributed by atoms with Gasteiger partial charge in [-0.25, -0.2) is 5.43 Å². The molecule has 0 atom stereocenters. The maximum atomic E-state index is 12.4. The van der Waals surface area contributed by atoms with E-state index in [1.54, 1.807) is 24.3 Å². The molecule has 3 aromatic rings. The smallest absolute Gasteiger partial charge is 0.312 e. The second kappa shape index (κ2) is 8.26. The van der Waals surface area contributed by atoms with Gasteiger partial charge in [-0.1, -0.05) is 18.2 Å². The molecule has 8 heteroatoms. The minimum atomic E-state index is -0.839. The summed E-state index contributed by atoms with van der Waals surface area (Å²) in [5.41, 5.74) is 3.90. The minimum Gasteiger partial charge on any atom is -0.493 e. The highest BCUT2D eigenvalue weighted by atomic mass is 16.5. The van der Waals surface area contributed by atoms with Crippen molar-refractivity contribution < 1.29 is 23.8 Å². The van der Waals surface area contributed by atoms with Crippen LogP contribution in [0.3, 0.4) is 0 Å². The van der Waals surface area contributed by atoms with Gasteiger partial charge in [0.1, 0.15) is 0 Å². The van der Waals surface area contributed by atoms with Crippen molar-refractivity contribution in [2.45, 2.75) is 0 Å². The van der Waals surface area contributed by atoms with Crippen LogP contribution in [0.4, 0.5) is 0 Å². The molecule has 0 radical (unpaired) electrons. The lowest BCUT2D eigenvalue weighted by Gasteiger charge is -2.12. The molecule has 0 aliphatic rings.